The van der Waals surface area contributed by atoms with Crippen molar-refractivity contribution in [1.29, 1.82) is 0 Å². The van der Waals surface area contributed by atoms with Crippen LogP contribution in [0.25, 0.3) is 27.4 Å². The maximum atomic E-state index is 14.4. The number of nitrogens with zero attached hydrogens (tertiary/aromatic N) is 6. The lowest BCUT2D eigenvalue weighted by atomic mass is 9.87. The number of hydrogen-bond acceptors (Lipinski definition) is 8. The topological polar surface area (TPSA) is 111 Å². The number of halogens is 1. The molecule has 1 aromatic carbocycles. The van der Waals surface area contributed by atoms with E-state index in [9.17, 15) is 9.18 Å². The number of carbonyl (C=O) groups is 1. The average molecular weight is 517 g/mol. The molecule has 4 aromatic heterocycles. The number of benzene rings is 1. The second-order valence-electron chi connectivity index (χ2n) is 8.70. The summed E-state index contributed by atoms with van der Waals surface area (Å²) in [7, 11) is 1.49. The lowest BCUT2D eigenvalue weighted by Gasteiger charge is -2.22. The van der Waals surface area contributed by atoms with Crippen molar-refractivity contribution < 1.29 is 9.18 Å². The molecule has 2 unspecified atom stereocenters. The van der Waals surface area contributed by atoms with Gasteiger partial charge in [0.1, 0.15) is 17.8 Å². The molecular formula is C26H25FN8OS. The molecule has 11 heteroatoms. The van der Waals surface area contributed by atoms with Crippen molar-refractivity contribution in [3.05, 3.63) is 77.6 Å². The van der Waals surface area contributed by atoms with E-state index in [4.69, 9.17) is 0 Å². The summed E-state index contributed by atoms with van der Waals surface area (Å²) in [6.45, 7) is 4.86. The highest BCUT2D eigenvalue weighted by atomic mass is 32.1. The Morgan fingerprint density at radius 1 is 1.16 bits per heavy atom. The molecule has 5 rings (SSSR count). The van der Waals surface area contributed by atoms with Gasteiger partial charge in [-0.15, -0.1) is 11.3 Å². The highest BCUT2D eigenvalue weighted by molar-refractivity contribution is 7.12. The van der Waals surface area contributed by atoms with Gasteiger partial charge in [0, 0.05) is 42.8 Å². The first-order valence-corrected chi connectivity index (χ1v) is 12.6. The van der Waals surface area contributed by atoms with E-state index >= 15 is 0 Å². The molecule has 188 valence electrons. The lowest BCUT2D eigenvalue weighted by molar-refractivity contribution is 0.0960. The third kappa shape index (κ3) is 4.90. The Labute approximate surface area is 216 Å². The van der Waals surface area contributed by atoms with Crippen molar-refractivity contribution >= 4 is 34.0 Å². The fraction of sp³-hybridized carbons (Fsp3) is 0.231. The maximum Gasteiger partial charge on any atom is 0.254 e. The molecule has 0 spiro atoms. The van der Waals surface area contributed by atoms with Gasteiger partial charge in [0.2, 0.25) is 5.13 Å². The SMILES string of the molecule is CNC(=O)c1c(F)cnc2c(C(C)C(C)CNc3cc(-c4csc(-n5cccn5)n4)ncn3)cccc12. The van der Waals surface area contributed by atoms with Crippen LogP contribution < -0.4 is 10.6 Å². The zero-order chi connectivity index (χ0) is 25.9. The summed E-state index contributed by atoms with van der Waals surface area (Å²) in [5.41, 5.74) is 3.06. The van der Waals surface area contributed by atoms with Gasteiger partial charge in [-0.05, 0) is 23.5 Å². The largest absolute Gasteiger partial charge is 0.370 e. The molecule has 1 amide bonds. The van der Waals surface area contributed by atoms with Crippen LogP contribution in [0.2, 0.25) is 0 Å². The molecule has 37 heavy (non-hydrogen) atoms. The van der Waals surface area contributed by atoms with E-state index < -0.39 is 11.7 Å². The van der Waals surface area contributed by atoms with Crippen molar-refractivity contribution in [3.63, 3.8) is 0 Å². The first-order chi connectivity index (χ1) is 18.0. The van der Waals surface area contributed by atoms with Gasteiger partial charge in [-0.2, -0.15) is 5.10 Å². The molecule has 0 aliphatic heterocycles. The van der Waals surface area contributed by atoms with Crippen LogP contribution in [0, 0.1) is 11.7 Å². The summed E-state index contributed by atoms with van der Waals surface area (Å²) in [4.78, 5) is 30.0. The number of amides is 1. The summed E-state index contributed by atoms with van der Waals surface area (Å²) in [5.74, 6) is -0.172. The predicted molar refractivity (Wildman–Crippen MR) is 141 cm³/mol. The van der Waals surface area contributed by atoms with Gasteiger partial charge in [0.05, 0.1) is 23.0 Å². The number of fused-ring (bicyclic) bond motifs is 1. The smallest absolute Gasteiger partial charge is 0.254 e. The third-order valence-corrected chi connectivity index (χ3v) is 7.24. The monoisotopic (exact) mass is 516 g/mol. The fourth-order valence-corrected chi connectivity index (χ4v) is 4.91. The van der Waals surface area contributed by atoms with E-state index in [0.717, 1.165) is 28.3 Å². The molecule has 5 aromatic rings. The average Bonchev–Trinajstić information content (AvgIpc) is 3.63. The third-order valence-electron chi connectivity index (χ3n) is 6.41. The number of para-hydroxylation sites is 1. The Hall–Kier alpha value is -4.25. The molecule has 0 aliphatic rings. The normalized spacial score (nSPS) is 12.9. The number of aromatic nitrogens is 6. The molecule has 2 N–H and O–H groups in total. The summed E-state index contributed by atoms with van der Waals surface area (Å²) in [5, 5.41) is 13.3. The van der Waals surface area contributed by atoms with Crippen LogP contribution in [0.15, 0.2) is 60.6 Å². The maximum absolute atomic E-state index is 14.4. The minimum atomic E-state index is -0.636. The van der Waals surface area contributed by atoms with Crippen molar-refractivity contribution in [2.45, 2.75) is 19.8 Å². The summed E-state index contributed by atoms with van der Waals surface area (Å²) >= 11 is 1.49. The molecule has 0 bridgehead atoms. The Bertz CT molecular complexity index is 1550. The van der Waals surface area contributed by atoms with Crippen molar-refractivity contribution in [2.24, 2.45) is 5.92 Å². The van der Waals surface area contributed by atoms with Crippen LogP contribution in [0.1, 0.15) is 35.7 Å². The van der Waals surface area contributed by atoms with E-state index in [2.05, 4.69) is 49.5 Å². The molecule has 4 heterocycles. The highest BCUT2D eigenvalue weighted by Crippen LogP contribution is 2.32. The van der Waals surface area contributed by atoms with E-state index in [0.29, 0.717) is 23.3 Å². The summed E-state index contributed by atoms with van der Waals surface area (Å²) in [6.07, 6.45) is 6.19. The second kappa shape index (κ2) is 10.4. The fourth-order valence-electron chi connectivity index (χ4n) is 4.16. The molecule has 0 saturated carbocycles. The van der Waals surface area contributed by atoms with Crippen LogP contribution in [0.5, 0.6) is 0 Å². The van der Waals surface area contributed by atoms with Gasteiger partial charge >= 0.3 is 0 Å². The van der Waals surface area contributed by atoms with Gasteiger partial charge in [-0.3, -0.25) is 9.78 Å². The number of hydrogen-bond donors (Lipinski definition) is 2. The number of rotatable bonds is 8. The van der Waals surface area contributed by atoms with Crippen molar-refractivity contribution in [3.8, 4) is 16.5 Å². The molecule has 2 atom stereocenters. The van der Waals surface area contributed by atoms with Crippen LogP contribution in [0.4, 0.5) is 10.2 Å². The number of carbonyl (C=O) groups excluding carboxylic acids is 1. The van der Waals surface area contributed by atoms with Gasteiger partial charge in [-0.1, -0.05) is 32.0 Å². The van der Waals surface area contributed by atoms with E-state index in [1.165, 1.54) is 24.7 Å². The number of thiazole rings is 1. The lowest BCUT2D eigenvalue weighted by Crippen LogP contribution is -2.21. The van der Waals surface area contributed by atoms with Gasteiger partial charge < -0.3 is 10.6 Å². The molecule has 0 radical (unpaired) electrons. The molecule has 0 saturated heterocycles. The van der Waals surface area contributed by atoms with Gasteiger partial charge in [-0.25, -0.2) is 24.0 Å². The summed E-state index contributed by atoms with van der Waals surface area (Å²) in [6, 6.07) is 9.27. The second-order valence-corrected chi connectivity index (χ2v) is 9.54. The zero-order valence-corrected chi connectivity index (χ0v) is 21.3. The molecule has 9 nitrogen and oxygen atoms in total. The minimum absolute atomic E-state index is 0.0126. The molecule has 0 aliphatic carbocycles. The highest BCUT2D eigenvalue weighted by Gasteiger charge is 2.22. The Balaban J connectivity index is 1.32. The van der Waals surface area contributed by atoms with Crippen molar-refractivity contribution in [2.75, 3.05) is 18.9 Å². The quantitative estimate of drug-likeness (QED) is 0.308. The predicted octanol–water partition coefficient (Wildman–Crippen LogP) is 4.68. The van der Waals surface area contributed by atoms with E-state index in [1.54, 1.807) is 16.9 Å². The first-order valence-electron chi connectivity index (χ1n) is 11.8. The van der Waals surface area contributed by atoms with Crippen LogP contribution in [-0.2, 0) is 0 Å². The van der Waals surface area contributed by atoms with Crippen LogP contribution >= 0.6 is 11.3 Å². The molecular weight excluding hydrogens is 491 g/mol. The van der Waals surface area contributed by atoms with Crippen LogP contribution in [0.3, 0.4) is 0 Å². The Morgan fingerprint density at radius 3 is 2.81 bits per heavy atom. The standard InChI is InChI=1S/C26H25FN8OS/c1-15(16(2)17-6-4-7-18-23(25(36)28-3)19(27)12-30-24(17)18)11-29-22-10-20(31-14-32-22)21-13-37-26(34-21)35-9-5-8-33-35/h4-10,12-16H,11H2,1-3H3,(H,28,36)(H,29,31,32). The van der Waals surface area contributed by atoms with Crippen LogP contribution in [-0.4, -0.2) is 49.2 Å². The van der Waals surface area contributed by atoms with Gasteiger partial charge in [0.25, 0.3) is 5.91 Å². The number of nitrogens with one attached hydrogen (secondary N) is 2. The van der Waals surface area contributed by atoms with Crippen molar-refractivity contribution in [1.82, 2.24) is 35.0 Å². The Morgan fingerprint density at radius 2 is 2.03 bits per heavy atom. The van der Waals surface area contributed by atoms with E-state index in [-0.39, 0.29) is 17.4 Å². The minimum Gasteiger partial charge on any atom is -0.370 e. The first kappa shape index (κ1) is 24.4. The van der Waals surface area contributed by atoms with Gasteiger partial charge in [0.15, 0.2) is 5.82 Å². The number of anilines is 1. The Kier molecular flexibility index (Phi) is 6.87. The number of pyridine rings is 1. The zero-order valence-electron chi connectivity index (χ0n) is 20.5. The van der Waals surface area contributed by atoms with E-state index in [1.807, 2.05) is 35.8 Å². The summed E-state index contributed by atoms with van der Waals surface area (Å²) < 4.78 is 16.1. The molecule has 0 fully saturated rings.